The van der Waals surface area contributed by atoms with Gasteiger partial charge in [0.15, 0.2) is 0 Å². The Balaban J connectivity index is 2.00. The summed E-state index contributed by atoms with van der Waals surface area (Å²) in [6.45, 7) is 3.98. The van der Waals surface area contributed by atoms with E-state index in [0.29, 0.717) is 18.6 Å². The van der Waals surface area contributed by atoms with Gasteiger partial charge in [0.2, 0.25) is 0 Å². The number of rotatable bonds is 9. The van der Waals surface area contributed by atoms with Gasteiger partial charge in [0.1, 0.15) is 11.6 Å². The largest absolute Gasteiger partial charge is 0.300 e. The second kappa shape index (κ2) is 9.28. The third kappa shape index (κ3) is 7.49. The van der Waals surface area contributed by atoms with E-state index < -0.39 is 0 Å². The van der Waals surface area contributed by atoms with Gasteiger partial charge in [0.05, 0.1) is 0 Å². The first-order valence-electron chi connectivity index (χ1n) is 8.10. The Morgan fingerprint density at radius 3 is 2.32 bits per heavy atom. The second-order valence-corrected chi connectivity index (χ2v) is 6.36. The molecular formula is C17H30O2. The molecule has 2 heteroatoms. The summed E-state index contributed by atoms with van der Waals surface area (Å²) in [5.41, 5.74) is 0. The lowest BCUT2D eigenvalue weighted by Gasteiger charge is -2.28. The minimum absolute atomic E-state index is 0.194. The van der Waals surface area contributed by atoms with Gasteiger partial charge in [-0.3, -0.25) is 4.79 Å². The zero-order chi connectivity index (χ0) is 14.1. The molecule has 2 nitrogen and oxygen atoms in total. The highest BCUT2D eigenvalue weighted by atomic mass is 16.1. The molecule has 2 unspecified atom stereocenters. The van der Waals surface area contributed by atoms with E-state index in [1.54, 1.807) is 6.92 Å². The Morgan fingerprint density at radius 2 is 1.63 bits per heavy atom. The quantitative estimate of drug-likeness (QED) is 0.567. The van der Waals surface area contributed by atoms with Gasteiger partial charge in [0.25, 0.3) is 0 Å². The van der Waals surface area contributed by atoms with E-state index in [2.05, 4.69) is 6.92 Å². The molecule has 0 aromatic carbocycles. The van der Waals surface area contributed by atoms with Crippen molar-refractivity contribution in [2.75, 3.05) is 0 Å². The third-order valence-corrected chi connectivity index (χ3v) is 4.55. The predicted octanol–water partition coefficient (Wildman–Crippen LogP) is 4.70. The van der Waals surface area contributed by atoms with Gasteiger partial charge in [-0.05, 0) is 31.6 Å². The highest BCUT2D eigenvalue weighted by Crippen LogP contribution is 2.33. The van der Waals surface area contributed by atoms with Crippen LogP contribution in [-0.4, -0.2) is 11.6 Å². The molecule has 1 fully saturated rings. The number of hydrogen-bond acceptors (Lipinski definition) is 2. The summed E-state index contributed by atoms with van der Waals surface area (Å²) in [5.74, 6) is 2.33. The van der Waals surface area contributed by atoms with Crippen molar-refractivity contribution in [3.05, 3.63) is 0 Å². The third-order valence-electron chi connectivity index (χ3n) is 4.55. The standard InChI is InChI=1S/C17H30O2/c1-14-8-3-4-10-16(14)11-5-6-12-17(19)13-7-9-15(2)18/h14,16H,3-13H2,1-2H3. The Bertz CT molecular complexity index is 283. The average molecular weight is 266 g/mol. The van der Waals surface area contributed by atoms with E-state index >= 15 is 0 Å². The van der Waals surface area contributed by atoms with E-state index in [1.807, 2.05) is 0 Å². The number of hydrogen-bond donors (Lipinski definition) is 0. The fourth-order valence-corrected chi connectivity index (χ4v) is 3.21. The lowest BCUT2D eigenvalue weighted by atomic mass is 9.78. The monoisotopic (exact) mass is 266 g/mol. The number of carbonyl (C=O) groups is 2. The van der Waals surface area contributed by atoms with Crippen LogP contribution in [0.25, 0.3) is 0 Å². The Morgan fingerprint density at radius 1 is 0.947 bits per heavy atom. The highest BCUT2D eigenvalue weighted by Gasteiger charge is 2.20. The maximum Gasteiger partial charge on any atom is 0.132 e. The second-order valence-electron chi connectivity index (χ2n) is 6.36. The highest BCUT2D eigenvalue weighted by molar-refractivity contribution is 5.80. The zero-order valence-corrected chi connectivity index (χ0v) is 12.7. The minimum Gasteiger partial charge on any atom is -0.300 e. The first kappa shape index (κ1) is 16.4. The maximum atomic E-state index is 11.6. The zero-order valence-electron chi connectivity index (χ0n) is 12.7. The van der Waals surface area contributed by atoms with Crippen LogP contribution in [0.5, 0.6) is 0 Å². The van der Waals surface area contributed by atoms with Crippen LogP contribution in [0.1, 0.15) is 84.5 Å². The molecule has 1 saturated carbocycles. The molecule has 0 bridgehead atoms. The summed E-state index contributed by atoms with van der Waals surface area (Å²) in [5, 5.41) is 0. The molecule has 0 aromatic rings. The van der Waals surface area contributed by atoms with Crippen LogP contribution in [0.2, 0.25) is 0 Å². The minimum atomic E-state index is 0.194. The summed E-state index contributed by atoms with van der Waals surface area (Å²) in [6.07, 6.45) is 11.8. The number of ketones is 2. The number of unbranched alkanes of at least 4 members (excludes halogenated alkanes) is 1. The molecule has 1 aliphatic carbocycles. The molecule has 0 N–H and O–H groups in total. The van der Waals surface area contributed by atoms with Crippen molar-refractivity contribution in [2.24, 2.45) is 11.8 Å². The van der Waals surface area contributed by atoms with E-state index in [1.165, 1.54) is 38.5 Å². The molecular weight excluding hydrogens is 236 g/mol. The summed E-state index contributed by atoms with van der Waals surface area (Å²) < 4.78 is 0. The van der Waals surface area contributed by atoms with Crippen LogP contribution in [-0.2, 0) is 9.59 Å². The smallest absolute Gasteiger partial charge is 0.132 e. The van der Waals surface area contributed by atoms with Crippen molar-refractivity contribution < 1.29 is 9.59 Å². The van der Waals surface area contributed by atoms with E-state index in [-0.39, 0.29) is 5.78 Å². The Hall–Kier alpha value is -0.660. The SMILES string of the molecule is CC(=O)CCCC(=O)CCCCC1CCCCC1C. The van der Waals surface area contributed by atoms with Crippen molar-refractivity contribution in [1.29, 1.82) is 0 Å². The molecule has 0 amide bonds. The molecule has 0 spiro atoms. The van der Waals surface area contributed by atoms with Crippen LogP contribution in [0, 0.1) is 11.8 Å². The van der Waals surface area contributed by atoms with Crippen molar-refractivity contribution in [3.8, 4) is 0 Å². The van der Waals surface area contributed by atoms with Gasteiger partial charge < -0.3 is 4.79 Å². The van der Waals surface area contributed by atoms with Gasteiger partial charge in [-0.25, -0.2) is 0 Å². The lowest BCUT2D eigenvalue weighted by molar-refractivity contribution is -0.119. The number of carbonyl (C=O) groups excluding carboxylic acids is 2. The molecule has 0 radical (unpaired) electrons. The Kier molecular flexibility index (Phi) is 8.00. The molecule has 0 saturated heterocycles. The molecule has 2 atom stereocenters. The Labute approximate surface area is 118 Å². The van der Waals surface area contributed by atoms with Crippen LogP contribution in [0.3, 0.4) is 0 Å². The van der Waals surface area contributed by atoms with Crippen molar-refractivity contribution in [1.82, 2.24) is 0 Å². The van der Waals surface area contributed by atoms with Crippen LogP contribution >= 0.6 is 0 Å². The van der Waals surface area contributed by atoms with Crippen molar-refractivity contribution in [2.45, 2.75) is 84.5 Å². The summed E-state index contributed by atoms with van der Waals surface area (Å²) in [6, 6.07) is 0. The number of Topliss-reactive ketones (excluding diaryl/α,β-unsaturated/α-hetero) is 2. The van der Waals surface area contributed by atoms with Crippen molar-refractivity contribution >= 4 is 11.6 Å². The summed E-state index contributed by atoms with van der Waals surface area (Å²) in [7, 11) is 0. The van der Waals surface area contributed by atoms with Crippen LogP contribution in [0.15, 0.2) is 0 Å². The summed E-state index contributed by atoms with van der Waals surface area (Å²) in [4.78, 5) is 22.4. The van der Waals surface area contributed by atoms with Gasteiger partial charge in [-0.2, -0.15) is 0 Å². The molecule has 0 heterocycles. The van der Waals surface area contributed by atoms with E-state index in [9.17, 15) is 9.59 Å². The van der Waals surface area contributed by atoms with Crippen molar-refractivity contribution in [3.63, 3.8) is 0 Å². The van der Waals surface area contributed by atoms with Gasteiger partial charge in [0, 0.05) is 19.3 Å². The molecule has 110 valence electrons. The first-order valence-corrected chi connectivity index (χ1v) is 8.10. The van der Waals surface area contributed by atoms with Gasteiger partial charge in [-0.15, -0.1) is 0 Å². The lowest BCUT2D eigenvalue weighted by Crippen LogP contribution is -2.16. The molecule has 0 aliphatic heterocycles. The van der Waals surface area contributed by atoms with E-state index in [4.69, 9.17) is 0 Å². The average Bonchev–Trinajstić information content (AvgIpc) is 2.36. The normalized spacial score (nSPS) is 23.3. The molecule has 1 rings (SSSR count). The van der Waals surface area contributed by atoms with Crippen LogP contribution < -0.4 is 0 Å². The first-order chi connectivity index (χ1) is 9.09. The molecule has 1 aliphatic rings. The summed E-state index contributed by atoms with van der Waals surface area (Å²) >= 11 is 0. The maximum absolute atomic E-state index is 11.6. The molecule has 19 heavy (non-hydrogen) atoms. The van der Waals surface area contributed by atoms with Gasteiger partial charge in [-0.1, -0.05) is 45.4 Å². The van der Waals surface area contributed by atoms with Gasteiger partial charge >= 0.3 is 0 Å². The topological polar surface area (TPSA) is 34.1 Å². The van der Waals surface area contributed by atoms with Crippen LogP contribution in [0.4, 0.5) is 0 Å². The predicted molar refractivity (Wildman–Crippen MR) is 79.1 cm³/mol. The molecule has 0 aromatic heterocycles. The fraction of sp³-hybridized carbons (Fsp3) is 0.882. The van der Waals surface area contributed by atoms with E-state index in [0.717, 1.165) is 31.1 Å². The fourth-order valence-electron chi connectivity index (χ4n) is 3.21.